The molecular formula is C14H23HgO4. The fraction of sp³-hybridized carbons (Fsp3) is 1.00. The molecule has 0 unspecified atom stereocenters. The van der Waals surface area contributed by atoms with Crippen LogP contribution in [0.4, 0.5) is 0 Å². The first-order valence-electron chi connectivity index (χ1n) is 7.34. The third-order valence-electron chi connectivity index (χ3n) is 5.22. The Bertz CT molecular complexity index is 366. The summed E-state index contributed by atoms with van der Waals surface area (Å²) in [5, 5.41) is 0. The van der Waals surface area contributed by atoms with Gasteiger partial charge in [0.1, 0.15) is 0 Å². The van der Waals surface area contributed by atoms with Crippen LogP contribution in [0.3, 0.4) is 0 Å². The molecule has 0 radical (unpaired) electrons. The van der Waals surface area contributed by atoms with Gasteiger partial charge in [0.15, 0.2) is 0 Å². The second kappa shape index (κ2) is 4.63. The van der Waals surface area contributed by atoms with Crippen LogP contribution in [0.2, 0.25) is 3.93 Å². The van der Waals surface area contributed by atoms with Crippen LogP contribution < -0.4 is 0 Å². The average molecular weight is 456 g/mol. The van der Waals surface area contributed by atoms with E-state index in [2.05, 4.69) is 13.8 Å². The fourth-order valence-electron chi connectivity index (χ4n) is 4.05. The Kier molecular flexibility index (Phi) is 3.59. The molecule has 0 aromatic carbocycles. The average Bonchev–Trinajstić information content (AvgIpc) is 2.41. The van der Waals surface area contributed by atoms with Gasteiger partial charge in [-0.3, -0.25) is 0 Å². The normalized spacial score (nSPS) is 48.7. The van der Waals surface area contributed by atoms with Crippen LogP contribution in [0.25, 0.3) is 0 Å². The van der Waals surface area contributed by atoms with Crippen molar-refractivity contribution in [1.29, 1.82) is 0 Å². The molecule has 19 heavy (non-hydrogen) atoms. The first-order chi connectivity index (χ1) is 8.95. The van der Waals surface area contributed by atoms with Crippen molar-refractivity contribution in [2.24, 2.45) is 0 Å². The summed E-state index contributed by atoms with van der Waals surface area (Å²) in [6.07, 6.45) is 5.10. The van der Waals surface area contributed by atoms with E-state index < -0.39 is 17.2 Å². The molecule has 0 aromatic heterocycles. The number of ether oxygens (including phenoxy) is 4. The van der Waals surface area contributed by atoms with Crippen molar-refractivity contribution in [1.82, 2.24) is 0 Å². The minimum absolute atomic E-state index is 0.236. The molecule has 0 saturated carbocycles. The Morgan fingerprint density at radius 1 is 1.11 bits per heavy atom. The molecular weight excluding hydrogens is 433 g/mol. The molecule has 0 aromatic rings. The van der Waals surface area contributed by atoms with Gasteiger partial charge in [-0.25, -0.2) is 0 Å². The van der Waals surface area contributed by atoms with Gasteiger partial charge in [0.05, 0.1) is 0 Å². The monoisotopic (exact) mass is 457 g/mol. The van der Waals surface area contributed by atoms with E-state index in [9.17, 15) is 0 Å². The van der Waals surface area contributed by atoms with Gasteiger partial charge >= 0.3 is 131 Å². The third kappa shape index (κ3) is 1.83. The van der Waals surface area contributed by atoms with E-state index >= 15 is 0 Å². The summed E-state index contributed by atoms with van der Waals surface area (Å²) in [4.78, 5) is 0. The molecule has 0 N–H and O–H groups in total. The molecule has 4 aliphatic heterocycles. The molecule has 0 aliphatic carbocycles. The van der Waals surface area contributed by atoms with Gasteiger partial charge in [-0.1, -0.05) is 0 Å². The summed E-state index contributed by atoms with van der Waals surface area (Å²) in [5.74, 6) is -1.22. The quantitative estimate of drug-likeness (QED) is 0.600. The van der Waals surface area contributed by atoms with Crippen molar-refractivity contribution in [2.75, 3.05) is 13.7 Å². The molecule has 5 heteroatoms. The maximum absolute atomic E-state index is 6.57. The Morgan fingerprint density at radius 3 is 2.42 bits per heavy atom. The number of hydrogen-bond acceptors (Lipinski definition) is 4. The standard InChI is InChI=1S/C14H23O4.Hg/c1-11(2)13(15-4)9-8-12(3,17-11)14(18-13)7-5-6-10-16-14;/h3,5-10H2,1-2,4H3;/t12-,13-,14-;/m0./s1. The molecule has 2 bridgehead atoms. The van der Waals surface area contributed by atoms with Crippen molar-refractivity contribution in [3.63, 3.8) is 0 Å². The molecule has 4 saturated heterocycles. The Hall–Kier alpha value is 0.775. The van der Waals surface area contributed by atoms with E-state index in [1.807, 2.05) is 0 Å². The summed E-state index contributed by atoms with van der Waals surface area (Å²) >= 11 is 0.659. The molecule has 3 atom stereocenters. The molecule has 0 amide bonds. The van der Waals surface area contributed by atoms with Crippen LogP contribution in [-0.4, -0.2) is 36.5 Å². The number of hydrogen-bond donors (Lipinski definition) is 0. The predicted octanol–water partition coefficient (Wildman–Crippen LogP) is 2.55. The first-order valence-corrected chi connectivity index (χ1v) is 11.2. The predicted molar refractivity (Wildman–Crippen MR) is 65.3 cm³/mol. The zero-order chi connectivity index (χ0) is 13.8. The molecule has 4 heterocycles. The summed E-state index contributed by atoms with van der Waals surface area (Å²) in [5.41, 5.74) is -0.647. The maximum atomic E-state index is 6.57. The zero-order valence-electron chi connectivity index (χ0n) is 12.3. The molecule has 4 aliphatic rings. The number of methoxy groups -OCH3 is 1. The molecule has 4 nitrogen and oxygen atoms in total. The van der Waals surface area contributed by atoms with Gasteiger partial charge in [0.25, 0.3) is 0 Å². The molecule has 105 valence electrons. The van der Waals surface area contributed by atoms with Gasteiger partial charge in [-0.05, 0) is 0 Å². The van der Waals surface area contributed by atoms with Crippen LogP contribution >= 0.6 is 0 Å². The van der Waals surface area contributed by atoms with Crippen LogP contribution in [0.5, 0.6) is 0 Å². The number of rotatable bonds is 2. The molecule has 4 fully saturated rings. The van der Waals surface area contributed by atoms with Crippen molar-refractivity contribution >= 4 is 0 Å². The van der Waals surface area contributed by atoms with Gasteiger partial charge < -0.3 is 0 Å². The van der Waals surface area contributed by atoms with Gasteiger partial charge in [0, 0.05) is 0 Å². The Labute approximate surface area is 131 Å². The fourth-order valence-corrected chi connectivity index (χ4v) is 6.90. The van der Waals surface area contributed by atoms with E-state index in [1.54, 1.807) is 7.11 Å². The van der Waals surface area contributed by atoms with Crippen molar-refractivity contribution in [3.05, 3.63) is 0 Å². The van der Waals surface area contributed by atoms with E-state index in [1.165, 1.54) is 0 Å². The van der Waals surface area contributed by atoms with Gasteiger partial charge in [0.2, 0.25) is 0 Å². The second-order valence-corrected chi connectivity index (χ2v) is 8.42. The van der Waals surface area contributed by atoms with Crippen LogP contribution in [0.1, 0.15) is 46.0 Å². The summed E-state index contributed by atoms with van der Waals surface area (Å²) < 4.78 is 26.1. The van der Waals surface area contributed by atoms with E-state index in [-0.39, 0.29) is 5.60 Å². The van der Waals surface area contributed by atoms with E-state index in [4.69, 9.17) is 18.9 Å². The minimum atomic E-state index is -0.658. The van der Waals surface area contributed by atoms with Crippen LogP contribution in [0.15, 0.2) is 0 Å². The Balaban J connectivity index is 2.03. The third-order valence-corrected chi connectivity index (χ3v) is 8.36. The summed E-state index contributed by atoms with van der Waals surface area (Å²) in [7, 11) is 1.73. The second-order valence-electron chi connectivity index (χ2n) is 6.47. The summed E-state index contributed by atoms with van der Waals surface area (Å²) in [6, 6.07) is 0. The van der Waals surface area contributed by atoms with Crippen molar-refractivity contribution in [2.45, 2.75) is 72.7 Å². The van der Waals surface area contributed by atoms with Crippen molar-refractivity contribution < 1.29 is 45.1 Å². The summed E-state index contributed by atoms with van der Waals surface area (Å²) in [6.45, 7) is 4.95. The van der Waals surface area contributed by atoms with E-state index in [0.29, 0.717) is 26.1 Å². The van der Waals surface area contributed by atoms with Gasteiger partial charge in [-0.15, -0.1) is 0 Å². The zero-order valence-corrected chi connectivity index (χ0v) is 17.8. The molecule has 4 rings (SSSR count). The first kappa shape index (κ1) is 14.7. The van der Waals surface area contributed by atoms with Crippen molar-refractivity contribution in [3.8, 4) is 0 Å². The number of fused-ring (bicyclic) bond motifs is 2. The van der Waals surface area contributed by atoms with Gasteiger partial charge in [-0.2, -0.15) is 0 Å². The van der Waals surface area contributed by atoms with Crippen LogP contribution in [0, 0.1) is 0 Å². The SMILES string of the molecule is CO[C@]12CC[C@]([CH2][Hg])(OC1(C)C)[C@]1(CCCCO1)O2. The molecule has 1 spiro atoms. The Morgan fingerprint density at radius 2 is 1.89 bits per heavy atom. The van der Waals surface area contributed by atoms with Crippen LogP contribution in [-0.2, 0) is 45.1 Å². The topological polar surface area (TPSA) is 36.9 Å². The van der Waals surface area contributed by atoms with E-state index in [0.717, 1.165) is 42.6 Å².